The molecule has 2 rings (SSSR count). The Morgan fingerprint density at radius 1 is 1.46 bits per heavy atom. The summed E-state index contributed by atoms with van der Waals surface area (Å²) in [5, 5.41) is 3.11. The second-order valence-electron chi connectivity index (χ2n) is 3.50. The van der Waals surface area contributed by atoms with Crippen molar-refractivity contribution >= 4 is 11.8 Å². The van der Waals surface area contributed by atoms with Gasteiger partial charge in [0.05, 0.1) is 6.54 Å². The van der Waals surface area contributed by atoms with Crippen LogP contribution in [0.2, 0.25) is 0 Å². The number of amides is 2. The third-order valence-corrected chi connectivity index (χ3v) is 2.60. The number of hydrogen-bond acceptors (Lipinski definition) is 3. The van der Waals surface area contributed by atoms with E-state index in [9.17, 15) is 9.59 Å². The lowest BCUT2D eigenvalue weighted by molar-refractivity contribution is -0.155. The fourth-order valence-corrected chi connectivity index (χ4v) is 1.85. The normalized spacial score (nSPS) is 29.2. The van der Waals surface area contributed by atoms with Crippen LogP contribution in [0.3, 0.4) is 0 Å². The van der Waals surface area contributed by atoms with Gasteiger partial charge < -0.3 is 15.1 Å². The van der Waals surface area contributed by atoms with Crippen LogP contribution in [0.1, 0.15) is 0 Å². The van der Waals surface area contributed by atoms with Crippen LogP contribution in [0, 0.1) is 0 Å². The van der Waals surface area contributed by atoms with E-state index in [2.05, 4.69) is 5.32 Å². The molecule has 2 aliphatic heterocycles. The topological polar surface area (TPSA) is 52.7 Å². The SMILES string of the molecule is CN1CC(=O)N2CCNCC2C1=O. The molecule has 0 bridgehead atoms. The summed E-state index contributed by atoms with van der Waals surface area (Å²) in [7, 11) is 1.67. The van der Waals surface area contributed by atoms with Crippen LogP contribution in [0.4, 0.5) is 0 Å². The first-order valence-electron chi connectivity index (χ1n) is 4.45. The van der Waals surface area contributed by atoms with Crippen molar-refractivity contribution in [3.8, 4) is 0 Å². The minimum Gasteiger partial charge on any atom is -0.335 e. The van der Waals surface area contributed by atoms with Gasteiger partial charge in [0, 0.05) is 26.7 Å². The highest BCUT2D eigenvalue weighted by Gasteiger charge is 2.38. The van der Waals surface area contributed by atoms with E-state index in [-0.39, 0.29) is 24.4 Å². The van der Waals surface area contributed by atoms with Crippen molar-refractivity contribution in [2.75, 3.05) is 33.2 Å². The van der Waals surface area contributed by atoms with Crippen molar-refractivity contribution < 1.29 is 9.59 Å². The molecule has 1 N–H and O–H groups in total. The summed E-state index contributed by atoms with van der Waals surface area (Å²) in [5.74, 6) is 0.111. The van der Waals surface area contributed by atoms with Crippen LogP contribution in [0.25, 0.3) is 0 Å². The molecule has 1 unspecified atom stereocenters. The molecule has 1 atom stereocenters. The number of hydrogen-bond donors (Lipinski definition) is 1. The quantitative estimate of drug-likeness (QED) is 0.485. The maximum absolute atomic E-state index is 11.6. The van der Waals surface area contributed by atoms with Crippen molar-refractivity contribution in [2.24, 2.45) is 0 Å². The number of carbonyl (C=O) groups excluding carboxylic acids is 2. The third kappa shape index (κ3) is 1.29. The minimum atomic E-state index is -0.264. The highest BCUT2D eigenvalue weighted by Crippen LogP contribution is 2.12. The van der Waals surface area contributed by atoms with E-state index >= 15 is 0 Å². The molecule has 0 aromatic heterocycles. The molecule has 2 amide bonds. The monoisotopic (exact) mass is 183 g/mol. The number of piperazine rings is 2. The predicted molar refractivity (Wildman–Crippen MR) is 46.0 cm³/mol. The Morgan fingerprint density at radius 2 is 2.23 bits per heavy atom. The average Bonchev–Trinajstić information content (AvgIpc) is 2.15. The first-order valence-corrected chi connectivity index (χ1v) is 4.45. The Hall–Kier alpha value is -1.10. The van der Waals surface area contributed by atoms with Crippen molar-refractivity contribution in [3.05, 3.63) is 0 Å². The van der Waals surface area contributed by atoms with Crippen molar-refractivity contribution in [3.63, 3.8) is 0 Å². The number of likely N-dealkylation sites (N-methyl/N-ethyl adjacent to an activating group) is 1. The van der Waals surface area contributed by atoms with E-state index in [0.29, 0.717) is 13.1 Å². The summed E-state index contributed by atoms with van der Waals surface area (Å²) in [4.78, 5) is 26.3. The maximum atomic E-state index is 11.6. The molecular formula is C8H13N3O2. The predicted octanol–water partition coefficient (Wildman–Crippen LogP) is -1.74. The fraction of sp³-hybridized carbons (Fsp3) is 0.750. The zero-order valence-electron chi connectivity index (χ0n) is 7.62. The van der Waals surface area contributed by atoms with Gasteiger partial charge in [0.1, 0.15) is 6.04 Å². The van der Waals surface area contributed by atoms with Crippen LogP contribution >= 0.6 is 0 Å². The molecule has 5 nitrogen and oxygen atoms in total. The summed E-state index contributed by atoms with van der Waals surface area (Å²) in [6.07, 6.45) is 0. The van der Waals surface area contributed by atoms with Crippen molar-refractivity contribution in [1.29, 1.82) is 0 Å². The van der Waals surface area contributed by atoms with Gasteiger partial charge in [-0.05, 0) is 0 Å². The minimum absolute atomic E-state index is 0.0480. The van der Waals surface area contributed by atoms with Crippen LogP contribution in [0.5, 0.6) is 0 Å². The molecule has 0 spiro atoms. The Labute approximate surface area is 76.7 Å². The first kappa shape index (κ1) is 8.50. The average molecular weight is 183 g/mol. The number of nitrogens with one attached hydrogen (secondary N) is 1. The lowest BCUT2D eigenvalue weighted by atomic mass is 10.1. The molecule has 13 heavy (non-hydrogen) atoms. The molecule has 0 saturated carbocycles. The van der Waals surface area contributed by atoms with E-state index in [4.69, 9.17) is 0 Å². The summed E-state index contributed by atoms with van der Waals surface area (Å²) in [5.41, 5.74) is 0. The first-order chi connectivity index (χ1) is 6.20. The molecular weight excluding hydrogens is 170 g/mol. The number of fused-ring (bicyclic) bond motifs is 1. The van der Waals surface area contributed by atoms with Gasteiger partial charge in [-0.1, -0.05) is 0 Å². The molecule has 2 fully saturated rings. The Morgan fingerprint density at radius 3 is 3.00 bits per heavy atom. The zero-order valence-corrected chi connectivity index (χ0v) is 7.62. The van der Waals surface area contributed by atoms with Gasteiger partial charge in [0.2, 0.25) is 11.8 Å². The molecule has 72 valence electrons. The summed E-state index contributed by atoms with van der Waals surface area (Å²) in [6, 6.07) is -0.264. The molecule has 2 saturated heterocycles. The van der Waals surface area contributed by atoms with E-state index in [1.165, 1.54) is 4.90 Å². The van der Waals surface area contributed by atoms with Crippen LogP contribution in [0.15, 0.2) is 0 Å². The van der Waals surface area contributed by atoms with Crippen molar-refractivity contribution in [1.82, 2.24) is 15.1 Å². The van der Waals surface area contributed by atoms with E-state index in [0.717, 1.165) is 6.54 Å². The largest absolute Gasteiger partial charge is 0.335 e. The lowest BCUT2D eigenvalue weighted by Crippen LogP contribution is -2.65. The van der Waals surface area contributed by atoms with E-state index < -0.39 is 0 Å². The van der Waals surface area contributed by atoms with Gasteiger partial charge in [-0.3, -0.25) is 9.59 Å². The Balaban J connectivity index is 2.19. The molecule has 0 aromatic rings. The summed E-state index contributed by atoms with van der Waals surface area (Å²) in [6.45, 7) is 2.27. The lowest BCUT2D eigenvalue weighted by Gasteiger charge is -2.41. The van der Waals surface area contributed by atoms with Crippen LogP contribution in [-0.2, 0) is 9.59 Å². The van der Waals surface area contributed by atoms with Gasteiger partial charge in [-0.2, -0.15) is 0 Å². The molecule has 0 aromatic carbocycles. The zero-order chi connectivity index (χ0) is 9.42. The molecule has 2 aliphatic rings. The molecule has 0 aliphatic carbocycles. The van der Waals surface area contributed by atoms with Crippen LogP contribution in [-0.4, -0.2) is 60.9 Å². The molecule has 2 heterocycles. The second kappa shape index (κ2) is 2.99. The van der Waals surface area contributed by atoms with Gasteiger partial charge in [-0.15, -0.1) is 0 Å². The van der Waals surface area contributed by atoms with Gasteiger partial charge >= 0.3 is 0 Å². The fourth-order valence-electron chi connectivity index (χ4n) is 1.85. The molecule has 5 heteroatoms. The van der Waals surface area contributed by atoms with E-state index in [1.807, 2.05) is 0 Å². The Bertz CT molecular complexity index is 254. The number of rotatable bonds is 0. The van der Waals surface area contributed by atoms with Crippen LogP contribution < -0.4 is 5.32 Å². The summed E-state index contributed by atoms with van der Waals surface area (Å²) >= 11 is 0. The van der Waals surface area contributed by atoms with E-state index in [1.54, 1.807) is 11.9 Å². The maximum Gasteiger partial charge on any atom is 0.246 e. The smallest absolute Gasteiger partial charge is 0.246 e. The highest BCUT2D eigenvalue weighted by molar-refractivity contribution is 5.95. The Kier molecular flexibility index (Phi) is 1.95. The number of carbonyl (C=O) groups is 2. The van der Waals surface area contributed by atoms with Crippen molar-refractivity contribution in [2.45, 2.75) is 6.04 Å². The van der Waals surface area contributed by atoms with Gasteiger partial charge in [0.25, 0.3) is 0 Å². The standard InChI is InChI=1S/C8H13N3O2/c1-10-5-7(12)11-3-2-9-4-6(11)8(10)13/h6,9H,2-5H2,1H3. The number of nitrogens with zero attached hydrogens (tertiary/aromatic N) is 2. The second-order valence-corrected chi connectivity index (χ2v) is 3.50. The van der Waals surface area contributed by atoms with Gasteiger partial charge in [-0.25, -0.2) is 0 Å². The summed E-state index contributed by atoms with van der Waals surface area (Å²) < 4.78 is 0. The molecule has 0 radical (unpaired) electrons. The van der Waals surface area contributed by atoms with Gasteiger partial charge in [0.15, 0.2) is 0 Å². The third-order valence-electron chi connectivity index (χ3n) is 2.60. The highest BCUT2D eigenvalue weighted by atomic mass is 16.2.